The maximum Gasteiger partial charge on any atom is 0.00394 e. The molecule has 0 N–H and O–H groups in total. The molecule has 0 aromatic carbocycles. The van der Waals surface area contributed by atoms with Gasteiger partial charge >= 0.3 is 0 Å². The summed E-state index contributed by atoms with van der Waals surface area (Å²) in [5.74, 6) is 0. The third kappa shape index (κ3) is 79.9. The van der Waals surface area contributed by atoms with Gasteiger partial charge in [-0.2, -0.15) is 11.8 Å². The monoisotopic (exact) mass is 1840 g/mol. The Kier molecular flexibility index (Phi) is 98.7. The van der Waals surface area contributed by atoms with Crippen LogP contribution in [0.2, 0.25) is 0 Å². The molecule has 84 heavy (non-hydrogen) atoms. The predicted octanol–water partition coefficient (Wildman–Crippen LogP) is 15.7. The lowest BCUT2D eigenvalue weighted by Crippen LogP contribution is -2.14. The van der Waals surface area contributed by atoms with Gasteiger partial charge < -0.3 is 0 Å². The second-order valence-electron chi connectivity index (χ2n) is 20.6. The molecule has 0 nitrogen and oxygen atoms in total. The Labute approximate surface area is 636 Å². The summed E-state index contributed by atoms with van der Waals surface area (Å²) in [6.45, 7) is 72.4. The van der Waals surface area contributed by atoms with Crippen LogP contribution in [-0.2, 0) is 331 Å². The van der Waals surface area contributed by atoms with E-state index in [0.29, 0.717) is 67.2 Å². The molecule has 0 aromatic heterocycles. The van der Waals surface area contributed by atoms with Gasteiger partial charge in [0.2, 0.25) is 0 Å². The van der Waals surface area contributed by atoms with Crippen LogP contribution < -0.4 is 0 Å². The smallest absolute Gasteiger partial charge is 0.00394 e. The topological polar surface area (TPSA) is 0 Å². The Balaban J connectivity index is -0.000000132. The number of rotatable bonds is 16. The van der Waals surface area contributed by atoms with Crippen LogP contribution in [0.3, 0.4) is 0 Å². The van der Waals surface area contributed by atoms with Crippen molar-refractivity contribution < 1.29 is 0 Å². The standard InChI is InChI=1S/C6H14S8.C6H14S7.C6H14S6.C6H14S5.C6H14S4.C6H14S3.C6H14S2.C6H14S/c1-5(2)14(6(3)4)13-12-11-10-9-8-7;1-5(2)13(6(3)4)12-11-10-9-8-7;1-5(2)12(6(3)4)11-10-9-8-7;1-5(2)11(6(3)4)10-9-8-7;1-5(2)10(6(3)4)9-8-7;1-5(2)9(8-7)6(3)4;1-5(2)8(7)6(3)4;1-5(2)7-6(3)4/h5-6H,1-4H3;5-6H,1-4H3;5-6H,1-4H3;5-6H,1-4H3;5-6H,1-4H3;5-6H,1-4H3;5-6H,1-4H3;5-6H,1-4H3. The second kappa shape index (κ2) is 76.1. The first-order valence-corrected chi connectivity index (χ1v) is 71.8. The molecule has 0 spiro atoms. The Bertz CT molecular complexity index is 2760. The van der Waals surface area contributed by atoms with Crippen LogP contribution in [0.1, 0.15) is 222 Å². The van der Waals surface area contributed by atoms with Gasteiger partial charge in [0.05, 0.1) is 0 Å². The molecule has 0 heterocycles. The normalized spacial score (nSPS) is 10.8. The Morgan fingerprint density at radius 2 is 0.393 bits per heavy atom. The third-order valence-corrected chi connectivity index (χ3v) is 83.8. The van der Waals surface area contributed by atoms with Crippen molar-refractivity contribution in [2.24, 2.45) is 0 Å². The molecular weight excluding hydrogens is 1730 g/mol. The first kappa shape index (κ1) is 109. The molecule has 0 atom stereocenters. The van der Waals surface area contributed by atoms with E-state index in [4.69, 9.17) is 78.3 Å². The van der Waals surface area contributed by atoms with E-state index in [-0.39, 0.29) is 9.45 Å². The van der Waals surface area contributed by atoms with E-state index in [2.05, 4.69) is 222 Å². The fraction of sp³-hybridized carbons (Fsp3) is 1.00. The summed E-state index contributed by atoms with van der Waals surface area (Å²) in [7, 11) is 39.1. The molecule has 0 aliphatic rings. The van der Waals surface area contributed by atoms with Crippen molar-refractivity contribution in [2.45, 2.75) is 306 Å². The van der Waals surface area contributed by atoms with E-state index in [1.807, 2.05) is 91.7 Å². The summed E-state index contributed by atoms with van der Waals surface area (Å²) in [4.78, 5) is 0. The van der Waals surface area contributed by atoms with Crippen LogP contribution in [0.4, 0.5) is 0 Å². The minimum atomic E-state index is 0.210. The zero-order valence-electron chi connectivity index (χ0n) is 55.9. The van der Waals surface area contributed by atoms with Crippen LogP contribution >= 0.6 is 11.8 Å². The first-order valence-electron chi connectivity index (χ1n) is 26.9. The molecule has 0 aliphatic heterocycles. The van der Waals surface area contributed by atoms with E-state index in [9.17, 15) is 0 Å². The summed E-state index contributed by atoms with van der Waals surface area (Å²) >= 11 is 36.2. The first-order chi connectivity index (χ1) is 38.7. The van der Waals surface area contributed by atoms with Gasteiger partial charge in [-0.05, 0) is 264 Å². The largest absolute Gasteiger partial charge is 0.156 e. The third-order valence-electron chi connectivity index (χ3n) is 7.94. The molecule has 0 saturated carbocycles. The van der Waals surface area contributed by atoms with E-state index < -0.39 is 0 Å². The van der Waals surface area contributed by atoms with Crippen molar-refractivity contribution in [3.8, 4) is 0 Å². The fourth-order valence-corrected chi connectivity index (χ4v) is 79.1. The molecule has 0 aromatic rings. The molecule has 0 unspecified atom stereocenters. The Morgan fingerprint density at radius 1 is 0.202 bits per heavy atom. The minimum absolute atomic E-state index is 0.210. The van der Waals surface area contributed by atoms with E-state index in [1.165, 1.54) is 44.4 Å². The van der Waals surface area contributed by atoms with Crippen LogP contribution in [-0.4, -0.2) is 84.0 Å². The highest BCUT2D eigenvalue weighted by molar-refractivity contribution is 8.72. The zero-order valence-corrected chi connectivity index (χ0v) is 85.3. The highest BCUT2D eigenvalue weighted by Gasteiger charge is 2.08. The average Bonchev–Trinajstić information content (AvgIpc) is 3.35. The van der Waals surface area contributed by atoms with Gasteiger partial charge in [-0.3, -0.25) is 0 Å². The highest BCUT2D eigenvalue weighted by atomic mass is 33.4. The van der Waals surface area contributed by atoms with Gasteiger partial charge in [-0.15, -0.1) is 66.2 Å². The molecule has 0 amide bonds. The summed E-state index contributed by atoms with van der Waals surface area (Å²) in [5, 5.41) is 12.2. The average molecular weight is 1840 g/mol. The number of hydrogen-bond acceptors (Lipinski definition) is 8. The molecule has 0 aliphatic carbocycles. The van der Waals surface area contributed by atoms with E-state index in [1.54, 1.807) is 62.2 Å². The maximum atomic E-state index is 5.21. The van der Waals surface area contributed by atoms with Crippen molar-refractivity contribution >= 4 is 343 Å². The Hall–Kier alpha value is 8.96. The van der Waals surface area contributed by atoms with Crippen LogP contribution in [0.25, 0.3) is 0 Å². The molecule has 0 saturated heterocycles. The summed E-state index contributed by atoms with van der Waals surface area (Å²) in [5.41, 5.74) is 0. The van der Waals surface area contributed by atoms with Crippen molar-refractivity contribution in [2.75, 3.05) is 0 Å². The number of hydrogen-bond donors (Lipinski definition) is 0. The van der Waals surface area contributed by atoms with Gasteiger partial charge in [-0.1, -0.05) is 233 Å². The van der Waals surface area contributed by atoms with E-state index >= 15 is 0 Å². The van der Waals surface area contributed by atoms with Gasteiger partial charge in [0, 0.05) is 73.5 Å². The lowest BCUT2D eigenvalue weighted by Gasteiger charge is -2.12. The number of thioether (sulfide) groups is 1. The minimum Gasteiger partial charge on any atom is -0.156 e. The van der Waals surface area contributed by atoms with Crippen LogP contribution in [0.15, 0.2) is 0 Å². The van der Waals surface area contributed by atoms with Crippen LogP contribution in [0, 0.1) is 0 Å². The van der Waals surface area contributed by atoms with Gasteiger partial charge in [0.15, 0.2) is 0 Å². The molecule has 0 radical (unpaired) electrons. The van der Waals surface area contributed by atoms with Gasteiger partial charge in [-0.25, -0.2) is 0 Å². The summed E-state index contributed by atoms with van der Waals surface area (Å²) in [6.07, 6.45) is 0. The summed E-state index contributed by atoms with van der Waals surface area (Å²) < 4.78 is 0. The quantitative estimate of drug-likeness (QED) is 0.148. The lowest BCUT2D eigenvalue weighted by atomic mass is 10.6. The van der Waals surface area contributed by atoms with Crippen LogP contribution in [0.5, 0.6) is 0 Å². The molecule has 0 fully saturated rings. The molecule has 0 bridgehead atoms. The second-order valence-corrected chi connectivity index (χ2v) is 85.8. The maximum absolute atomic E-state index is 5.21. The van der Waals surface area contributed by atoms with Gasteiger partial charge in [0.25, 0.3) is 0 Å². The van der Waals surface area contributed by atoms with Gasteiger partial charge in [0.1, 0.15) is 0 Å². The predicted molar refractivity (Wildman–Crippen MR) is 508 cm³/mol. The van der Waals surface area contributed by atoms with E-state index in [0.717, 1.165) is 73.5 Å². The SMILES string of the molecule is CC(C)S(=S)C(C)C.CC(C)S(=S=S)C(C)C.CC(C)S(=S=S=S)C(C)C.CC(C)S(=S=S=S=S)C(C)C.CC(C)S(=S=S=S=S=S)C(C)C.CC(C)S(=S=S=S=S=S=S)C(C)C.CC(C)S(=S=S=S=S=S=S=S)C(C)C.CC(C)SC(C)C. The Morgan fingerprint density at radius 3 is 0.536 bits per heavy atom. The fourth-order valence-electron chi connectivity index (χ4n) is 5.57. The lowest BCUT2D eigenvalue weighted by molar-refractivity contribution is 1.04. The highest BCUT2D eigenvalue weighted by Crippen LogP contribution is 2.15. The van der Waals surface area contributed by atoms with Crippen molar-refractivity contribution in [3.05, 3.63) is 0 Å². The molecule has 520 valence electrons. The zero-order chi connectivity index (χ0) is 67.8. The summed E-state index contributed by atoms with van der Waals surface area (Å²) in [6, 6.07) is 0. The molecule has 36 heteroatoms. The van der Waals surface area contributed by atoms with Crippen molar-refractivity contribution in [1.82, 2.24) is 0 Å². The van der Waals surface area contributed by atoms with Crippen molar-refractivity contribution in [1.29, 1.82) is 0 Å². The molecular formula is C48H112S36. The molecule has 0 rings (SSSR count). The van der Waals surface area contributed by atoms with Crippen molar-refractivity contribution in [3.63, 3.8) is 0 Å².